The van der Waals surface area contributed by atoms with Crippen LogP contribution in [0.15, 0.2) is 64.0 Å². The summed E-state index contributed by atoms with van der Waals surface area (Å²) in [7, 11) is -4.05. The first kappa shape index (κ1) is 24.4. The number of fused-ring (bicyclic) bond motifs is 2. The Labute approximate surface area is 208 Å². The Balaban J connectivity index is 1.18. The van der Waals surface area contributed by atoms with E-state index >= 15 is 0 Å². The summed E-state index contributed by atoms with van der Waals surface area (Å²) in [6.07, 6.45) is 7.41. The lowest BCUT2D eigenvalue weighted by molar-refractivity contribution is -0.0149. The summed E-state index contributed by atoms with van der Waals surface area (Å²) in [5.41, 5.74) is 8.20. The van der Waals surface area contributed by atoms with E-state index in [1.807, 2.05) is 43.5 Å². The molecule has 0 radical (unpaired) electrons. The molecule has 188 valence electrons. The maximum atomic E-state index is 12.6. The molecule has 0 bridgehead atoms. The van der Waals surface area contributed by atoms with E-state index in [1.54, 1.807) is 11.1 Å². The molecule has 0 aliphatic carbocycles. The van der Waals surface area contributed by atoms with Crippen molar-refractivity contribution in [3.8, 4) is 6.07 Å². The molecule has 1 aromatic carbocycles. The van der Waals surface area contributed by atoms with Gasteiger partial charge >= 0.3 is 7.75 Å². The summed E-state index contributed by atoms with van der Waals surface area (Å²) < 4.78 is 24.1. The van der Waals surface area contributed by atoms with Gasteiger partial charge in [0, 0.05) is 29.6 Å². The second-order valence-electron chi connectivity index (χ2n) is 9.10. The fraction of sp³-hybridized carbons (Fsp3) is 0.375. The lowest BCUT2D eigenvalue weighted by Gasteiger charge is -2.35. The molecule has 11 nitrogen and oxygen atoms in total. The van der Waals surface area contributed by atoms with Gasteiger partial charge < -0.3 is 20.3 Å². The first-order chi connectivity index (χ1) is 17.3. The Kier molecular flexibility index (Phi) is 6.55. The molecule has 2 aromatic rings. The molecule has 12 heteroatoms. The third kappa shape index (κ3) is 4.62. The zero-order valence-electron chi connectivity index (χ0n) is 19.8. The van der Waals surface area contributed by atoms with Crippen molar-refractivity contribution in [2.45, 2.75) is 31.5 Å². The number of rotatable bonds is 8. The Morgan fingerprint density at radius 3 is 3.11 bits per heavy atom. The SMILES string of the molecule is CC1CC(COP(=O)(O)NCCc2c[nH]c3ccccc23)OC1(C#N)C1=CC=C2C(N)=NC=NN2C1. The lowest BCUT2D eigenvalue weighted by atomic mass is 9.81. The number of aliphatic imine (C=N–C) groups is 1. The van der Waals surface area contributed by atoms with Crippen molar-refractivity contribution >= 4 is 30.8 Å². The van der Waals surface area contributed by atoms with Gasteiger partial charge in [-0.2, -0.15) is 10.4 Å². The first-order valence-electron chi connectivity index (χ1n) is 11.7. The number of nitrogens with one attached hydrogen (secondary N) is 2. The second-order valence-corrected chi connectivity index (χ2v) is 10.7. The van der Waals surface area contributed by atoms with E-state index in [0.717, 1.165) is 22.0 Å². The van der Waals surface area contributed by atoms with E-state index in [9.17, 15) is 14.7 Å². The molecular weight excluding hydrogens is 481 g/mol. The molecule has 3 aliphatic heterocycles. The minimum atomic E-state index is -4.05. The van der Waals surface area contributed by atoms with Gasteiger partial charge in [0.05, 0.1) is 19.3 Å². The number of amidine groups is 1. The number of benzene rings is 1. The molecule has 36 heavy (non-hydrogen) atoms. The molecule has 0 saturated carbocycles. The number of H-pyrrole nitrogens is 1. The van der Waals surface area contributed by atoms with Crippen LogP contribution in [0.5, 0.6) is 0 Å². The molecule has 3 aliphatic rings. The number of para-hydroxylation sites is 1. The number of nitriles is 1. The van der Waals surface area contributed by atoms with Crippen LogP contribution in [-0.4, -0.2) is 58.5 Å². The highest BCUT2D eigenvalue weighted by Crippen LogP contribution is 2.45. The quantitative estimate of drug-likeness (QED) is 0.395. The number of nitrogens with two attached hydrogens (primary N) is 1. The lowest BCUT2D eigenvalue weighted by Crippen LogP contribution is -2.43. The standard InChI is InChI=1S/C24H28N7O4P/c1-16-10-19(35-24(16,14-25)18-6-7-22-23(26)28-15-29-31(22)12-18)13-34-36(32,33)30-9-8-17-11-27-21-5-3-2-4-20(17)21/h2-7,11,15-16,19,27H,8-10,12-13H2,1H3,(H2,26,28,29)(H2,30,32,33). The Morgan fingerprint density at radius 1 is 1.44 bits per heavy atom. The van der Waals surface area contributed by atoms with E-state index in [4.69, 9.17) is 15.0 Å². The molecule has 1 fully saturated rings. The molecule has 0 spiro atoms. The zero-order valence-corrected chi connectivity index (χ0v) is 20.7. The van der Waals surface area contributed by atoms with Gasteiger partial charge in [-0.25, -0.2) is 14.6 Å². The third-order valence-corrected chi connectivity index (χ3v) is 7.94. The molecule has 1 aromatic heterocycles. The monoisotopic (exact) mass is 509 g/mol. The molecule has 0 amide bonds. The smallest absolute Gasteiger partial charge is 0.382 e. The summed E-state index contributed by atoms with van der Waals surface area (Å²) >= 11 is 0. The van der Waals surface area contributed by atoms with Crippen molar-refractivity contribution < 1.29 is 18.7 Å². The van der Waals surface area contributed by atoms with Crippen LogP contribution in [-0.2, 0) is 20.2 Å². The molecule has 4 heterocycles. The number of nitrogens with zero attached hydrogens (tertiary/aromatic N) is 4. The van der Waals surface area contributed by atoms with Crippen molar-refractivity contribution in [3.05, 3.63) is 59.4 Å². The van der Waals surface area contributed by atoms with Crippen molar-refractivity contribution in [2.24, 2.45) is 21.7 Å². The van der Waals surface area contributed by atoms with E-state index < -0.39 is 19.5 Å². The minimum absolute atomic E-state index is 0.114. The minimum Gasteiger partial charge on any atom is -0.382 e. The summed E-state index contributed by atoms with van der Waals surface area (Å²) in [5, 5.41) is 19.7. The molecule has 5 rings (SSSR count). The largest absolute Gasteiger partial charge is 0.403 e. The van der Waals surface area contributed by atoms with Gasteiger partial charge in [-0.05, 0) is 36.1 Å². The van der Waals surface area contributed by atoms with Gasteiger partial charge in [0.25, 0.3) is 0 Å². The maximum absolute atomic E-state index is 12.6. The number of aromatic amines is 1. The van der Waals surface area contributed by atoms with Gasteiger partial charge in [-0.3, -0.25) is 9.53 Å². The summed E-state index contributed by atoms with van der Waals surface area (Å²) in [5.74, 6) is 0.193. The molecule has 5 N–H and O–H groups in total. The predicted molar refractivity (Wildman–Crippen MR) is 136 cm³/mol. The van der Waals surface area contributed by atoms with Gasteiger partial charge in [0.2, 0.25) is 0 Å². The summed E-state index contributed by atoms with van der Waals surface area (Å²) in [6, 6.07) is 10.2. The fourth-order valence-corrected chi connectivity index (χ4v) is 5.79. The Morgan fingerprint density at radius 2 is 2.28 bits per heavy atom. The normalized spacial score (nSPS) is 27.1. The van der Waals surface area contributed by atoms with Crippen LogP contribution in [0.25, 0.3) is 10.9 Å². The highest BCUT2D eigenvalue weighted by atomic mass is 31.2. The third-order valence-electron chi connectivity index (χ3n) is 6.81. The number of hydrogen-bond donors (Lipinski definition) is 4. The average Bonchev–Trinajstić information content (AvgIpc) is 3.44. The van der Waals surface area contributed by atoms with Gasteiger partial charge in [0.15, 0.2) is 11.4 Å². The van der Waals surface area contributed by atoms with Gasteiger partial charge in [0.1, 0.15) is 18.1 Å². The van der Waals surface area contributed by atoms with Crippen LogP contribution in [0.3, 0.4) is 0 Å². The van der Waals surface area contributed by atoms with E-state index in [0.29, 0.717) is 30.9 Å². The summed E-state index contributed by atoms with van der Waals surface area (Å²) in [4.78, 5) is 17.5. The van der Waals surface area contributed by atoms with Crippen LogP contribution in [0.1, 0.15) is 18.9 Å². The number of allylic oxidation sites excluding steroid dienone is 2. The van der Waals surface area contributed by atoms with Crippen molar-refractivity contribution in [3.63, 3.8) is 0 Å². The number of ether oxygens (including phenoxy) is 1. The average molecular weight is 510 g/mol. The van der Waals surface area contributed by atoms with Gasteiger partial charge in [-0.1, -0.05) is 31.2 Å². The van der Waals surface area contributed by atoms with Crippen LogP contribution in [0, 0.1) is 17.2 Å². The van der Waals surface area contributed by atoms with Crippen molar-refractivity contribution in [2.75, 3.05) is 19.7 Å². The Bertz CT molecular complexity index is 1370. The van der Waals surface area contributed by atoms with Crippen LogP contribution in [0.4, 0.5) is 0 Å². The summed E-state index contributed by atoms with van der Waals surface area (Å²) in [6.45, 7) is 2.41. The van der Waals surface area contributed by atoms with Crippen LogP contribution >= 0.6 is 7.75 Å². The van der Waals surface area contributed by atoms with Gasteiger partial charge in [-0.15, -0.1) is 0 Å². The van der Waals surface area contributed by atoms with E-state index in [-0.39, 0.29) is 19.1 Å². The van der Waals surface area contributed by atoms with E-state index in [1.165, 1.54) is 6.34 Å². The molecule has 4 unspecified atom stereocenters. The zero-order chi connectivity index (χ0) is 25.3. The second kappa shape index (κ2) is 9.65. The number of hydrogen-bond acceptors (Lipinski definition) is 8. The van der Waals surface area contributed by atoms with E-state index in [2.05, 4.69) is 26.2 Å². The fourth-order valence-electron chi connectivity index (χ4n) is 4.93. The first-order valence-corrected chi connectivity index (χ1v) is 13.3. The van der Waals surface area contributed by atoms with Crippen LogP contribution in [0.2, 0.25) is 0 Å². The molecule has 1 saturated heterocycles. The highest BCUT2D eigenvalue weighted by Gasteiger charge is 2.50. The Hall–Kier alpha value is -3.26. The van der Waals surface area contributed by atoms with Crippen molar-refractivity contribution in [1.29, 1.82) is 5.26 Å². The predicted octanol–water partition coefficient (Wildman–Crippen LogP) is 2.54. The number of aromatic nitrogens is 1. The molecular formula is C24H28N7O4P. The topological polar surface area (TPSA) is 161 Å². The van der Waals surface area contributed by atoms with Crippen molar-refractivity contribution in [1.82, 2.24) is 15.1 Å². The maximum Gasteiger partial charge on any atom is 0.403 e. The van der Waals surface area contributed by atoms with Crippen LogP contribution < -0.4 is 10.8 Å². The molecule has 4 atom stereocenters. The highest BCUT2D eigenvalue weighted by molar-refractivity contribution is 7.50. The number of hydrazone groups is 1.